The fourth-order valence-electron chi connectivity index (χ4n) is 2.63. The molecule has 0 radical (unpaired) electrons. The number of nitrogens with one attached hydrogen (secondary N) is 1. The molecule has 0 aliphatic heterocycles. The molecule has 0 unspecified atom stereocenters. The highest BCUT2D eigenvalue weighted by Crippen LogP contribution is 2.22. The number of nitro groups is 1. The zero-order chi connectivity index (χ0) is 22.2. The van der Waals surface area contributed by atoms with Gasteiger partial charge in [0.05, 0.1) is 4.92 Å². The Balaban J connectivity index is 1.67. The van der Waals surface area contributed by atoms with Gasteiger partial charge in [0, 0.05) is 17.8 Å². The number of aryl methyl sites for hydroxylation is 1. The standard InChI is InChI=1S/C23H18N4O4/c1-2-16-3-7-19(8-4-16)26-23(28)18(14-24)13-17-5-10-21(11-6-17)31-22-12-9-20(15-25-22)27(29)30/h3-13,15H,2H2,1H3,(H,26,28)/b18-13-. The molecular weight excluding hydrogens is 396 g/mol. The molecular formula is C23H18N4O4. The van der Waals surface area contributed by atoms with Crippen LogP contribution in [0.25, 0.3) is 6.08 Å². The summed E-state index contributed by atoms with van der Waals surface area (Å²) in [6, 6.07) is 18.7. The van der Waals surface area contributed by atoms with Crippen molar-refractivity contribution >= 4 is 23.4 Å². The molecule has 31 heavy (non-hydrogen) atoms. The number of benzene rings is 2. The van der Waals surface area contributed by atoms with Gasteiger partial charge in [-0.25, -0.2) is 4.98 Å². The fraction of sp³-hybridized carbons (Fsp3) is 0.0870. The smallest absolute Gasteiger partial charge is 0.287 e. The van der Waals surface area contributed by atoms with Gasteiger partial charge >= 0.3 is 0 Å². The summed E-state index contributed by atoms with van der Waals surface area (Å²) in [7, 11) is 0. The van der Waals surface area contributed by atoms with Gasteiger partial charge in [0.2, 0.25) is 5.88 Å². The van der Waals surface area contributed by atoms with Crippen LogP contribution in [0.15, 0.2) is 72.4 Å². The van der Waals surface area contributed by atoms with E-state index in [0.717, 1.165) is 18.2 Å². The van der Waals surface area contributed by atoms with Crippen LogP contribution in [0.4, 0.5) is 11.4 Å². The van der Waals surface area contributed by atoms with Gasteiger partial charge in [0.25, 0.3) is 11.6 Å². The molecule has 0 saturated heterocycles. The maximum Gasteiger partial charge on any atom is 0.287 e. The van der Waals surface area contributed by atoms with Gasteiger partial charge in [-0.15, -0.1) is 0 Å². The molecule has 3 aromatic rings. The van der Waals surface area contributed by atoms with Gasteiger partial charge in [-0.2, -0.15) is 5.26 Å². The second kappa shape index (κ2) is 9.80. The van der Waals surface area contributed by atoms with Crippen molar-refractivity contribution in [1.29, 1.82) is 5.26 Å². The highest BCUT2D eigenvalue weighted by atomic mass is 16.6. The van der Waals surface area contributed by atoms with Gasteiger partial charge in [-0.1, -0.05) is 31.2 Å². The van der Waals surface area contributed by atoms with Crippen LogP contribution in [0.3, 0.4) is 0 Å². The number of nitriles is 1. The first-order valence-corrected chi connectivity index (χ1v) is 9.39. The summed E-state index contributed by atoms with van der Waals surface area (Å²) in [5.41, 5.74) is 2.24. The quantitative estimate of drug-likeness (QED) is 0.254. The van der Waals surface area contributed by atoms with Crippen LogP contribution in [0.5, 0.6) is 11.6 Å². The van der Waals surface area contributed by atoms with Gasteiger partial charge in [-0.05, 0) is 47.9 Å². The number of carbonyl (C=O) groups excluding carboxylic acids is 1. The Hall–Kier alpha value is -4.51. The van der Waals surface area contributed by atoms with E-state index in [4.69, 9.17) is 4.74 Å². The normalized spacial score (nSPS) is 10.8. The van der Waals surface area contributed by atoms with Gasteiger partial charge in [-0.3, -0.25) is 14.9 Å². The van der Waals surface area contributed by atoms with Crippen LogP contribution in [-0.4, -0.2) is 15.8 Å². The molecule has 8 nitrogen and oxygen atoms in total. The van der Waals surface area contributed by atoms with Gasteiger partial charge in [0.15, 0.2) is 0 Å². The number of hydrogen-bond acceptors (Lipinski definition) is 6. The first kappa shape index (κ1) is 21.2. The summed E-state index contributed by atoms with van der Waals surface area (Å²) in [5.74, 6) is 0.166. The van der Waals surface area contributed by atoms with Crippen LogP contribution in [0.2, 0.25) is 0 Å². The van der Waals surface area contributed by atoms with Crippen molar-refractivity contribution in [3.8, 4) is 17.7 Å². The minimum atomic E-state index is -0.541. The molecule has 0 fully saturated rings. The third kappa shape index (κ3) is 5.74. The van der Waals surface area contributed by atoms with Gasteiger partial charge < -0.3 is 10.1 Å². The molecule has 1 amide bonds. The second-order valence-corrected chi connectivity index (χ2v) is 6.46. The van der Waals surface area contributed by atoms with Crippen LogP contribution in [0, 0.1) is 21.4 Å². The molecule has 1 aromatic heterocycles. The molecule has 0 bridgehead atoms. The Bertz CT molecular complexity index is 1150. The lowest BCUT2D eigenvalue weighted by molar-refractivity contribution is -0.385. The second-order valence-electron chi connectivity index (χ2n) is 6.46. The van der Waals surface area contributed by atoms with Crippen molar-refractivity contribution < 1.29 is 14.5 Å². The van der Waals surface area contributed by atoms with E-state index in [2.05, 4.69) is 10.3 Å². The van der Waals surface area contributed by atoms with E-state index in [1.54, 1.807) is 36.4 Å². The predicted molar refractivity (Wildman–Crippen MR) is 115 cm³/mol. The van der Waals surface area contributed by atoms with Crippen molar-refractivity contribution in [3.05, 3.63) is 93.7 Å². The predicted octanol–water partition coefficient (Wildman–Crippen LogP) is 4.89. The minimum absolute atomic E-state index is 0.0368. The lowest BCUT2D eigenvalue weighted by atomic mass is 10.1. The zero-order valence-corrected chi connectivity index (χ0v) is 16.6. The average Bonchev–Trinajstić information content (AvgIpc) is 2.79. The average molecular weight is 414 g/mol. The van der Waals surface area contributed by atoms with Crippen LogP contribution >= 0.6 is 0 Å². The highest BCUT2D eigenvalue weighted by Gasteiger charge is 2.10. The monoisotopic (exact) mass is 414 g/mol. The van der Waals surface area contributed by atoms with Crippen molar-refractivity contribution in [3.63, 3.8) is 0 Å². The zero-order valence-electron chi connectivity index (χ0n) is 16.6. The SMILES string of the molecule is CCc1ccc(NC(=O)/C(C#N)=C\c2ccc(Oc3ccc([N+](=O)[O-])cn3)cc2)cc1. The summed E-state index contributed by atoms with van der Waals surface area (Å²) in [6.45, 7) is 2.04. The van der Waals surface area contributed by atoms with Crippen molar-refractivity contribution in [2.75, 3.05) is 5.32 Å². The Morgan fingerprint density at radius 1 is 1.16 bits per heavy atom. The number of aromatic nitrogens is 1. The van der Waals surface area contributed by atoms with Crippen LogP contribution < -0.4 is 10.1 Å². The van der Waals surface area contributed by atoms with Crippen molar-refractivity contribution in [1.82, 2.24) is 4.98 Å². The first-order chi connectivity index (χ1) is 15.0. The lowest BCUT2D eigenvalue weighted by Gasteiger charge is -2.06. The number of rotatable bonds is 7. The Labute approximate surface area is 178 Å². The molecule has 8 heteroatoms. The molecule has 0 aliphatic rings. The lowest BCUT2D eigenvalue weighted by Crippen LogP contribution is -2.13. The summed E-state index contributed by atoms with van der Waals surface area (Å²) in [4.78, 5) is 26.4. The molecule has 1 heterocycles. The number of carbonyl (C=O) groups is 1. The van der Waals surface area contributed by atoms with E-state index in [9.17, 15) is 20.2 Å². The van der Waals surface area contributed by atoms with E-state index in [1.807, 2.05) is 25.1 Å². The molecule has 3 rings (SSSR count). The maximum atomic E-state index is 12.4. The van der Waals surface area contributed by atoms with E-state index in [-0.39, 0.29) is 17.1 Å². The van der Waals surface area contributed by atoms with E-state index in [0.29, 0.717) is 17.0 Å². The third-order valence-electron chi connectivity index (χ3n) is 4.33. The number of amides is 1. The third-order valence-corrected chi connectivity index (χ3v) is 4.33. The molecule has 2 aromatic carbocycles. The van der Waals surface area contributed by atoms with E-state index < -0.39 is 10.8 Å². The molecule has 0 saturated carbocycles. The maximum absolute atomic E-state index is 12.4. The number of anilines is 1. The summed E-state index contributed by atoms with van der Waals surface area (Å²) in [6.07, 6.45) is 3.49. The van der Waals surface area contributed by atoms with Crippen LogP contribution in [-0.2, 0) is 11.2 Å². The molecule has 0 atom stereocenters. The highest BCUT2D eigenvalue weighted by molar-refractivity contribution is 6.09. The molecule has 154 valence electrons. The van der Waals surface area contributed by atoms with Gasteiger partial charge in [0.1, 0.15) is 23.6 Å². The molecule has 0 aliphatic carbocycles. The topological polar surface area (TPSA) is 118 Å². The number of hydrogen-bond donors (Lipinski definition) is 1. The van der Waals surface area contributed by atoms with Crippen molar-refractivity contribution in [2.45, 2.75) is 13.3 Å². The number of pyridine rings is 1. The van der Waals surface area contributed by atoms with Crippen molar-refractivity contribution in [2.24, 2.45) is 0 Å². The first-order valence-electron chi connectivity index (χ1n) is 9.39. The Morgan fingerprint density at radius 3 is 2.42 bits per heavy atom. The summed E-state index contributed by atoms with van der Waals surface area (Å²) >= 11 is 0. The Morgan fingerprint density at radius 2 is 1.87 bits per heavy atom. The van der Waals surface area contributed by atoms with E-state index in [1.165, 1.54) is 18.2 Å². The Kier molecular flexibility index (Phi) is 6.71. The summed E-state index contributed by atoms with van der Waals surface area (Å²) in [5, 5.41) is 22.7. The molecule has 1 N–H and O–H groups in total. The summed E-state index contributed by atoms with van der Waals surface area (Å²) < 4.78 is 5.55. The number of nitrogens with zero attached hydrogens (tertiary/aromatic N) is 3. The fourth-order valence-corrected chi connectivity index (χ4v) is 2.63. The molecule has 0 spiro atoms. The van der Waals surface area contributed by atoms with Crippen LogP contribution in [0.1, 0.15) is 18.1 Å². The largest absolute Gasteiger partial charge is 0.439 e. The number of ether oxygens (including phenoxy) is 1. The minimum Gasteiger partial charge on any atom is -0.439 e. The van der Waals surface area contributed by atoms with E-state index >= 15 is 0 Å².